The van der Waals surface area contributed by atoms with Gasteiger partial charge in [-0.1, -0.05) is 23.7 Å². The fourth-order valence-corrected chi connectivity index (χ4v) is 4.75. The number of hydrogen-bond donors (Lipinski definition) is 3. The molecule has 0 amide bonds. The SMILES string of the molecule is COc1ccc(C2=Nc3c(N)ncnc3NC(c3cccc(Nc4ccnc5cc(Cl)ccc45)c3)C2)cc1. The Morgan fingerprint density at radius 1 is 1.00 bits per heavy atom. The van der Waals surface area contributed by atoms with Gasteiger partial charge in [-0.2, -0.15) is 0 Å². The van der Waals surface area contributed by atoms with E-state index >= 15 is 0 Å². The number of benzene rings is 3. The molecule has 6 rings (SSSR count). The fraction of sp³-hybridized carbons (Fsp3) is 0.103. The summed E-state index contributed by atoms with van der Waals surface area (Å²) in [5, 5.41) is 8.73. The summed E-state index contributed by atoms with van der Waals surface area (Å²) in [5.74, 6) is 1.71. The zero-order chi connectivity index (χ0) is 26.1. The molecular weight excluding hydrogens is 498 g/mol. The monoisotopic (exact) mass is 521 g/mol. The van der Waals surface area contributed by atoms with E-state index in [0.717, 1.165) is 44.9 Å². The number of hydrogen-bond acceptors (Lipinski definition) is 8. The Kier molecular flexibility index (Phi) is 6.23. The summed E-state index contributed by atoms with van der Waals surface area (Å²) in [4.78, 5) is 17.9. The van der Waals surface area contributed by atoms with Gasteiger partial charge in [-0.05, 0) is 71.8 Å². The van der Waals surface area contributed by atoms with Crippen molar-refractivity contribution < 1.29 is 4.74 Å². The van der Waals surface area contributed by atoms with Gasteiger partial charge in [0, 0.05) is 34.4 Å². The maximum atomic E-state index is 6.20. The Bertz CT molecular complexity index is 1670. The average molecular weight is 522 g/mol. The van der Waals surface area contributed by atoms with E-state index in [0.29, 0.717) is 28.8 Å². The quantitative estimate of drug-likeness (QED) is 0.236. The third kappa shape index (κ3) is 4.69. The minimum atomic E-state index is -0.110. The van der Waals surface area contributed by atoms with E-state index in [2.05, 4.69) is 37.7 Å². The lowest BCUT2D eigenvalue weighted by Crippen LogP contribution is -2.15. The number of aliphatic imine (C=N–C) groups is 1. The fourth-order valence-electron chi connectivity index (χ4n) is 4.58. The predicted molar refractivity (Wildman–Crippen MR) is 153 cm³/mol. The molecular formula is C29H24ClN7O. The number of nitrogens with one attached hydrogen (secondary N) is 2. The van der Waals surface area contributed by atoms with Crippen LogP contribution in [0, 0.1) is 0 Å². The first kappa shape index (κ1) is 23.7. The largest absolute Gasteiger partial charge is 0.497 e. The molecule has 9 heteroatoms. The van der Waals surface area contributed by atoms with Crippen molar-refractivity contribution in [2.24, 2.45) is 4.99 Å². The first-order chi connectivity index (χ1) is 18.6. The van der Waals surface area contributed by atoms with E-state index < -0.39 is 0 Å². The highest BCUT2D eigenvalue weighted by molar-refractivity contribution is 6.31. The molecule has 3 aromatic carbocycles. The number of anilines is 4. The van der Waals surface area contributed by atoms with Gasteiger partial charge in [-0.25, -0.2) is 15.0 Å². The second kappa shape index (κ2) is 9.99. The second-order valence-electron chi connectivity index (χ2n) is 8.91. The van der Waals surface area contributed by atoms with Crippen LogP contribution in [0.4, 0.5) is 28.7 Å². The number of methoxy groups -OCH3 is 1. The zero-order valence-corrected chi connectivity index (χ0v) is 21.3. The Hall–Kier alpha value is -4.69. The summed E-state index contributed by atoms with van der Waals surface area (Å²) in [7, 11) is 1.65. The van der Waals surface area contributed by atoms with Crippen molar-refractivity contribution in [3.8, 4) is 5.75 Å². The molecule has 1 atom stereocenters. The third-order valence-corrected chi connectivity index (χ3v) is 6.74. The number of ether oxygens (including phenoxy) is 1. The normalized spacial score (nSPS) is 14.7. The molecule has 0 bridgehead atoms. The van der Waals surface area contributed by atoms with Gasteiger partial charge in [0.15, 0.2) is 11.6 Å². The Morgan fingerprint density at radius 2 is 1.87 bits per heavy atom. The van der Waals surface area contributed by atoms with E-state index in [1.165, 1.54) is 6.33 Å². The number of pyridine rings is 1. The standard InChI is InChI=1S/C29H24ClN7O/c1-38-21-8-5-17(6-9-21)24-15-25(37-29-27(36-24)28(31)33-16-34-29)18-3-2-4-20(13-18)35-23-11-12-32-26-14-19(30)7-10-22(23)26/h2-14,16,25H,15H2,1H3,(H,32,35)(H3,31,33,34,37). The van der Waals surface area contributed by atoms with E-state index in [1.807, 2.05) is 60.7 Å². The maximum absolute atomic E-state index is 6.20. The lowest BCUT2D eigenvalue weighted by atomic mass is 9.97. The summed E-state index contributed by atoms with van der Waals surface area (Å²) in [6.45, 7) is 0. The summed E-state index contributed by atoms with van der Waals surface area (Å²) < 4.78 is 5.33. The smallest absolute Gasteiger partial charge is 0.158 e. The molecule has 188 valence electrons. The maximum Gasteiger partial charge on any atom is 0.158 e. The van der Waals surface area contributed by atoms with Gasteiger partial charge in [0.05, 0.1) is 24.4 Å². The number of halogens is 1. The van der Waals surface area contributed by atoms with Crippen molar-refractivity contribution in [3.63, 3.8) is 0 Å². The lowest BCUT2D eigenvalue weighted by Gasteiger charge is -2.20. The highest BCUT2D eigenvalue weighted by atomic mass is 35.5. The topological polar surface area (TPSA) is 110 Å². The van der Waals surface area contributed by atoms with Crippen LogP contribution in [-0.2, 0) is 0 Å². The molecule has 2 aromatic heterocycles. The van der Waals surface area contributed by atoms with Crippen molar-refractivity contribution in [1.29, 1.82) is 0 Å². The van der Waals surface area contributed by atoms with Crippen LogP contribution in [-0.4, -0.2) is 27.8 Å². The van der Waals surface area contributed by atoms with Crippen LogP contribution in [0.3, 0.4) is 0 Å². The van der Waals surface area contributed by atoms with Crippen LogP contribution in [0.1, 0.15) is 23.6 Å². The van der Waals surface area contributed by atoms with Gasteiger partial charge < -0.3 is 21.1 Å². The molecule has 0 fully saturated rings. The van der Waals surface area contributed by atoms with Crippen LogP contribution in [0.2, 0.25) is 5.02 Å². The summed E-state index contributed by atoms with van der Waals surface area (Å²) >= 11 is 6.17. The molecule has 0 spiro atoms. The second-order valence-corrected chi connectivity index (χ2v) is 9.35. The predicted octanol–water partition coefficient (Wildman–Crippen LogP) is 6.69. The molecule has 3 heterocycles. The summed E-state index contributed by atoms with van der Waals surface area (Å²) in [5.41, 5.74) is 12.4. The van der Waals surface area contributed by atoms with Crippen molar-refractivity contribution in [1.82, 2.24) is 15.0 Å². The molecule has 0 aliphatic carbocycles. The zero-order valence-electron chi connectivity index (χ0n) is 20.5. The molecule has 1 aliphatic rings. The highest BCUT2D eigenvalue weighted by Crippen LogP contribution is 2.37. The van der Waals surface area contributed by atoms with Crippen molar-refractivity contribution in [3.05, 3.63) is 101 Å². The molecule has 1 aliphatic heterocycles. The number of rotatable bonds is 5. The lowest BCUT2D eigenvalue weighted by molar-refractivity contribution is 0.415. The van der Waals surface area contributed by atoms with Gasteiger partial charge in [0.25, 0.3) is 0 Å². The minimum Gasteiger partial charge on any atom is -0.497 e. The van der Waals surface area contributed by atoms with E-state index in [4.69, 9.17) is 27.1 Å². The van der Waals surface area contributed by atoms with Gasteiger partial charge >= 0.3 is 0 Å². The first-order valence-electron chi connectivity index (χ1n) is 12.1. The molecule has 38 heavy (non-hydrogen) atoms. The first-order valence-corrected chi connectivity index (χ1v) is 12.5. The van der Waals surface area contributed by atoms with E-state index in [1.54, 1.807) is 13.3 Å². The van der Waals surface area contributed by atoms with Crippen molar-refractivity contribution in [2.75, 3.05) is 23.5 Å². The van der Waals surface area contributed by atoms with E-state index in [-0.39, 0.29) is 6.04 Å². The Balaban J connectivity index is 1.36. The molecule has 8 nitrogen and oxygen atoms in total. The van der Waals surface area contributed by atoms with Gasteiger partial charge in [0.1, 0.15) is 17.8 Å². The van der Waals surface area contributed by atoms with Gasteiger partial charge in [-0.15, -0.1) is 0 Å². The highest BCUT2D eigenvalue weighted by Gasteiger charge is 2.24. The minimum absolute atomic E-state index is 0.110. The number of nitrogens with two attached hydrogens (primary N) is 1. The van der Waals surface area contributed by atoms with Crippen molar-refractivity contribution in [2.45, 2.75) is 12.5 Å². The molecule has 0 saturated carbocycles. The van der Waals surface area contributed by atoms with Crippen LogP contribution >= 0.6 is 11.6 Å². The van der Waals surface area contributed by atoms with Crippen molar-refractivity contribution >= 4 is 56.9 Å². The van der Waals surface area contributed by atoms with Crippen LogP contribution in [0.15, 0.2) is 90.3 Å². The third-order valence-electron chi connectivity index (χ3n) is 6.50. The Labute approximate surface area is 224 Å². The average Bonchev–Trinajstić information content (AvgIpc) is 3.14. The summed E-state index contributed by atoms with van der Waals surface area (Å²) in [6.07, 6.45) is 3.84. The van der Waals surface area contributed by atoms with Gasteiger partial charge in [-0.3, -0.25) is 4.98 Å². The molecule has 0 saturated heterocycles. The molecule has 0 radical (unpaired) electrons. The number of nitrogen functional groups attached to an aromatic ring is 1. The van der Waals surface area contributed by atoms with Gasteiger partial charge in [0.2, 0.25) is 0 Å². The summed E-state index contributed by atoms with van der Waals surface area (Å²) in [6, 6.07) is 23.7. The molecule has 4 N–H and O–H groups in total. The Morgan fingerprint density at radius 3 is 2.71 bits per heavy atom. The molecule has 5 aromatic rings. The molecule has 1 unspecified atom stereocenters. The number of aromatic nitrogens is 3. The van der Waals surface area contributed by atoms with Crippen LogP contribution < -0.4 is 21.1 Å². The number of nitrogens with zero attached hydrogens (tertiary/aromatic N) is 4. The van der Waals surface area contributed by atoms with Crippen LogP contribution in [0.25, 0.3) is 10.9 Å². The van der Waals surface area contributed by atoms with E-state index in [9.17, 15) is 0 Å². The van der Waals surface area contributed by atoms with Crippen LogP contribution in [0.5, 0.6) is 5.75 Å². The number of fused-ring (bicyclic) bond motifs is 2.